The number of amides is 1. The lowest BCUT2D eigenvalue weighted by molar-refractivity contribution is 0.143. The third-order valence-electron chi connectivity index (χ3n) is 3.23. The van der Waals surface area contributed by atoms with Gasteiger partial charge in [0.1, 0.15) is 11.9 Å². The summed E-state index contributed by atoms with van der Waals surface area (Å²) >= 11 is 4.70. The molecule has 23 heavy (non-hydrogen) atoms. The number of hydrogen-bond donors (Lipinski definition) is 2. The van der Waals surface area contributed by atoms with Crippen molar-refractivity contribution in [2.45, 2.75) is 6.10 Å². The van der Waals surface area contributed by atoms with Crippen LogP contribution in [-0.2, 0) is 4.74 Å². The lowest BCUT2D eigenvalue weighted by Gasteiger charge is -2.13. The topological polar surface area (TPSA) is 107 Å². The zero-order chi connectivity index (χ0) is 16.4. The summed E-state index contributed by atoms with van der Waals surface area (Å²) in [7, 11) is 0. The first-order valence-electron chi connectivity index (χ1n) is 6.62. The van der Waals surface area contributed by atoms with Crippen molar-refractivity contribution in [1.82, 2.24) is 15.5 Å². The molecule has 3 N–H and O–H groups in total. The Bertz CT molecular complexity index is 739. The fraction of sp³-hybridized carbons (Fsp3) is 0.231. The van der Waals surface area contributed by atoms with Gasteiger partial charge in [0.15, 0.2) is 11.4 Å². The first-order chi connectivity index (χ1) is 11.0. The van der Waals surface area contributed by atoms with Crippen molar-refractivity contribution < 1.29 is 18.4 Å². The van der Waals surface area contributed by atoms with E-state index < -0.39 is 18.0 Å². The number of thiocarbonyl (C=S) groups is 1. The van der Waals surface area contributed by atoms with Crippen molar-refractivity contribution >= 4 is 29.1 Å². The highest BCUT2D eigenvalue weighted by atomic mass is 32.1. The molecule has 1 unspecified atom stereocenters. The quantitative estimate of drug-likeness (QED) is 0.797. The zero-order valence-electron chi connectivity index (χ0n) is 11.7. The predicted octanol–water partition coefficient (Wildman–Crippen LogP) is 1.03. The van der Waals surface area contributed by atoms with Crippen LogP contribution in [0, 0.1) is 5.82 Å². The summed E-state index contributed by atoms with van der Waals surface area (Å²) in [4.78, 5) is 17.0. The van der Waals surface area contributed by atoms with Gasteiger partial charge in [-0.1, -0.05) is 5.16 Å². The van der Waals surface area contributed by atoms with Gasteiger partial charge in [0.2, 0.25) is 0 Å². The molecule has 0 spiro atoms. The Morgan fingerprint density at radius 3 is 3.04 bits per heavy atom. The van der Waals surface area contributed by atoms with Crippen molar-refractivity contribution in [3.63, 3.8) is 0 Å². The first-order valence-corrected chi connectivity index (χ1v) is 7.03. The minimum atomic E-state index is -0.579. The molecular weight excluding hydrogens is 325 g/mol. The fourth-order valence-corrected chi connectivity index (χ4v) is 2.27. The molecule has 3 rings (SSSR count). The van der Waals surface area contributed by atoms with E-state index in [0.717, 1.165) is 0 Å². The van der Waals surface area contributed by atoms with Gasteiger partial charge in [-0.2, -0.15) is 4.98 Å². The van der Waals surface area contributed by atoms with Crippen LogP contribution < -0.4 is 16.0 Å². The molecule has 1 aliphatic heterocycles. The summed E-state index contributed by atoms with van der Waals surface area (Å²) in [5.41, 5.74) is 5.86. The Morgan fingerprint density at radius 1 is 1.57 bits per heavy atom. The Labute approximate surface area is 135 Å². The van der Waals surface area contributed by atoms with Crippen LogP contribution in [0.3, 0.4) is 0 Å². The molecule has 1 aromatic carbocycles. The highest BCUT2D eigenvalue weighted by Crippen LogP contribution is 2.27. The highest BCUT2D eigenvalue weighted by Gasteiger charge is 2.32. The van der Waals surface area contributed by atoms with E-state index in [0.29, 0.717) is 12.2 Å². The third kappa shape index (κ3) is 3.21. The number of rotatable bonds is 4. The average Bonchev–Trinajstić information content (AvgIpc) is 3.14. The van der Waals surface area contributed by atoms with E-state index in [2.05, 4.69) is 15.5 Å². The van der Waals surface area contributed by atoms with Crippen molar-refractivity contribution in [2.24, 2.45) is 5.73 Å². The smallest absolute Gasteiger partial charge is 0.414 e. The van der Waals surface area contributed by atoms with Gasteiger partial charge in [-0.25, -0.2) is 9.18 Å². The Morgan fingerprint density at radius 2 is 2.39 bits per heavy atom. The van der Waals surface area contributed by atoms with Crippen LogP contribution in [0.1, 0.15) is 0 Å². The first kappa shape index (κ1) is 15.2. The number of carbonyl (C=O) groups is 1. The van der Waals surface area contributed by atoms with Crippen LogP contribution in [-0.4, -0.2) is 40.5 Å². The number of ether oxygens (including phenoxy) is 1. The number of aromatic nitrogens is 2. The summed E-state index contributed by atoms with van der Waals surface area (Å²) in [6.07, 6.45) is 0.187. The van der Waals surface area contributed by atoms with Crippen molar-refractivity contribution in [2.75, 3.05) is 18.0 Å². The van der Waals surface area contributed by atoms with E-state index in [9.17, 15) is 9.18 Å². The minimum Gasteiger partial charge on any atom is -0.442 e. The summed E-state index contributed by atoms with van der Waals surface area (Å²) < 4.78 is 24.2. The average molecular weight is 337 g/mol. The van der Waals surface area contributed by atoms with Crippen molar-refractivity contribution in [3.8, 4) is 11.5 Å². The number of hydrogen-bond acceptors (Lipinski definition) is 6. The molecular formula is C13H12FN5O3S. The second kappa shape index (κ2) is 6.16. The molecule has 2 heterocycles. The molecule has 1 aromatic heterocycles. The molecule has 1 saturated heterocycles. The maximum Gasteiger partial charge on any atom is 0.414 e. The molecule has 0 saturated carbocycles. The van der Waals surface area contributed by atoms with Crippen LogP contribution in [0.4, 0.5) is 14.9 Å². The van der Waals surface area contributed by atoms with Gasteiger partial charge in [-0.05, 0) is 30.4 Å². The van der Waals surface area contributed by atoms with Gasteiger partial charge in [0.05, 0.1) is 24.3 Å². The SMILES string of the molecule is NC(=S)NCC1CN(c2ccc(-c3ncno3)c(F)c2)C(=O)O1. The van der Waals surface area contributed by atoms with E-state index in [4.69, 9.17) is 27.2 Å². The standard InChI is InChI=1S/C13H12FN5O3S/c14-10-3-7(1-2-9(10)11-17-6-18-22-11)19-5-8(21-13(19)20)4-16-12(15)23/h1-3,6,8H,4-5H2,(H3,15,16,23). The lowest BCUT2D eigenvalue weighted by Crippen LogP contribution is -2.37. The molecule has 1 fully saturated rings. The van der Waals surface area contributed by atoms with Gasteiger partial charge in [0.25, 0.3) is 5.89 Å². The largest absolute Gasteiger partial charge is 0.442 e. The number of nitrogens with zero attached hydrogens (tertiary/aromatic N) is 3. The normalized spacial score (nSPS) is 17.2. The van der Waals surface area contributed by atoms with Gasteiger partial charge in [-0.3, -0.25) is 4.90 Å². The molecule has 8 nitrogen and oxygen atoms in total. The van der Waals surface area contributed by atoms with E-state index >= 15 is 0 Å². The summed E-state index contributed by atoms with van der Waals surface area (Å²) in [6, 6.07) is 4.25. The number of nitrogens with two attached hydrogens (primary N) is 1. The van der Waals surface area contributed by atoms with E-state index in [-0.39, 0.29) is 23.1 Å². The summed E-state index contributed by atoms with van der Waals surface area (Å²) in [5.74, 6) is -0.513. The number of nitrogens with one attached hydrogen (secondary N) is 1. The van der Waals surface area contributed by atoms with Crippen molar-refractivity contribution in [3.05, 3.63) is 30.3 Å². The van der Waals surface area contributed by atoms with Crippen molar-refractivity contribution in [1.29, 1.82) is 0 Å². The predicted molar refractivity (Wildman–Crippen MR) is 82.1 cm³/mol. The number of anilines is 1. The van der Waals surface area contributed by atoms with Gasteiger partial charge in [0, 0.05) is 0 Å². The Balaban J connectivity index is 1.76. The summed E-state index contributed by atoms with van der Waals surface area (Å²) in [6.45, 7) is 0.550. The number of carbonyl (C=O) groups excluding carboxylic acids is 1. The van der Waals surface area contributed by atoms with E-state index in [1.54, 1.807) is 6.07 Å². The minimum absolute atomic E-state index is 0.0663. The lowest BCUT2D eigenvalue weighted by atomic mass is 10.1. The fourth-order valence-electron chi connectivity index (χ4n) is 2.19. The molecule has 1 aliphatic rings. The van der Waals surface area contributed by atoms with E-state index in [1.165, 1.54) is 23.4 Å². The monoisotopic (exact) mass is 337 g/mol. The molecule has 0 bridgehead atoms. The maximum atomic E-state index is 14.2. The summed E-state index contributed by atoms with van der Waals surface area (Å²) in [5, 5.41) is 6.27. The molecule has 0 aliphatic carbocycles. The maximum absolute atomic E-state index is 14.2. The molecule has 10 heteroatoms. The van der Waals surface area contributed by atoms with Crippen LogP contribution in [0.5, 0.6) is 0 Å². The molecule has 1 amide bonds. The van der Waals surface area contributed by atoms with Crippen LogP contribution in [0.25, 0.3) is 11.5 Å². The van der Waals surface area contributed by atoms with E-state index in [1.807, 2.05) is 0 Å². The molecule has 2 aromatic rings. The number of benzene rings is 1. The third-order valence-corrected chi connectivity index (χ3v) is 3.38. The molecule has 120 valence electrons. The van der Waals surface area contributed by atoms with Crippen LogP contribution in [0.2, 0.25) is 0 Å². The second-order valence-electron chi connectivity index (χ2n) is 4.77. The zero-order valence-corrected chi connectivity index (χ0v) is 12.5. The van der Waals surface area contributed by atoms with Gasteiger partial charge < -0.3 is 20.3 Å². The Hall–Kier alpha value is -2.75. The Kier molecular flexibility index (Phi) is 4.06. The van der Waals surface area contributed by atoms with Crippen LogP contribution >= 0.6 is 12.2 Å². The molecule has 1 atom stereocenters. The number of halogens is 1. The molecule has 0 radical (unpaired) electrons. The highest BCUT2D eigenvalue weighted by molar-refractivity contribution is 7.80. The van der Waals surface area contributed by atoms with Crippen LogP contribution in [0.15, 0.2) is 29.0 Å². The van der Waals surface area contributed by atoms with Gasteiger partial charge in [-0.15, -0.1) is 0 Å². The second-order valence-corrected chi connectivity index (χ2v) is 5.21. The number of cyclic esters (lactones) is 1. The van der Waals surface area contributed by atoms with Gasteiger partial charge >= 0.3 is 6.09 Å².